The van der Waals surface area contributed by atoms with Crippen LogP contribution in [0, 0.1) is 0 Å². The monoisotopic (exact) mass is 458 g/mol. The number of alkyl halides is 5. The summed E-state index contributed by atoms with van der Waals surface area (Å²) in [5.74, 6) is -0.655. The zero-order valence-electron chi connectivity index (χ0n) is 16.0. The summed E-state index contributed by atoms with van der Waals surface area (Å²) < 4.78 is 67.3. The van der Waals surface area contributed by atoms with Gasteiger partial charge in [-0.2, -0.15) is 22.0 Å². The molecule has 5 nitrogen and oxygen atoms in total. The van der Waals surface area contributed by atoms with Crippen LogP contribution in [0.25, 0.3) is 10.2 Å². The second-order valence-corrected chi connectivity index (χ2v) is 8.05. The van der Waals surface area contributed by atoms with Crippen molar-refractivity contribution in [1.82, 2.24) is 9.88 Å². The van der Waals surface area contributed by atoms with Crippen LogP contribution in [0.1, 0.15) is 5.56 Å². The van der Waals surface area contributed by atoms with Crippen LogP contribution in [-0.2, 0) is 11.7 Å². The van der Waals surface area contributed by atoms with E-state index in [0.717, 1.165) is 28.1 Å². The molecule has 31 heavy (non-hydrogen) atoms. The fraction of sp³-hybridized carbons (Fsp3) is 0.350. The maximum atomic E-state index is 13.0. The van der Waals surface area contributed by atoms with Gasteiger partial charge in [0.05, 0.1) is 10.2 Å². The van der Waals surface area contributed by atoms with Crippen LogP contribution in [0.2, 0.25) is 0 Å². The van der Waals surface area contributed by atoms with Gasteiger partial charge in [0.1, 0.15) is 11.3 Å². The number of anilines is 1. The molecule has 4 rings (SSSR count). The standard InChI is InChI=1S/C20H17F5N3O2S/c21-19(22,23)20(24,25)30-15-3-1-13(2-4-15)11-27-5-7-28(8-6-27)14-9-16(29)18-17(10-14)31-12-26-18/h1-4,9-10,12H,5-8,11H2. The van der Waals surface area contributed by atoms with Crippen LogP contribution in [0.3, 0.4) is 0 Å². The lowest BCUT2D eigenvalue weighted by Gasteiger charge is -2.36. The number of thiazole rings is 1. The van der Waals surface area contributed by atoms with Crippen molar-refractivity contribution in [3.8, 4) is 11.5 Å². The lowest BCUT2D eigenvalue weighted by atomic mass is 10.1. The molecule has 0 atom stereocenters. The Kier molecular flexibility index (Phi) is 5.65. The molecule has 1 aromatic heterocycles. The Labute approximate surface area is 178 Å². The van der Waals surface area contributed by atoms with Gasteiger partial charge in [-0.25, -0.2) is 4.98 Å². The van der Waals surface area contributed by atoms with Gasteiger partial charge in [-0.3, -0.25) is 10.0 Å². The maximum Gasteiger partial charge on any atom is 0.499 e. The molecule has 0 amide bonds. The third-order valence-corrected chi connectivity index (χ3v) is 5.81. The Bertz CT molecular complexity index is 1050. The molecule has 0 aliphatic carbocycles. The first-order chi connectivity index (χ1) is 14.6. The fourth-order valence-corrected chi connectivity index (χ4v) is 4.12. The van der Waals surface area contributed by atoms with Gasteiger partial charge in [-0.05, 0) is 23.8 Å². The van der Waals surface area contributed by atoms with E-state index in [0.29, 0.717) is 38.2 Å². The third-order valence-electron chi connectivity index (χ3n) is 5.03. The van der Waals surface area contributed by atoms with E-state index in [1.807, 2.05) is 6.07 Å². The van der Waals surface area contributed by atoms with Crippen LogP contribution in [0.4, 0.5) is 27.6 Å². The van der Waals surface area contributed by atoms with Crippen LogP contribution in [0.5, 0.6) is 11.5 Å². The molecule has 0 saturated carbocycles. The second-order valence-electron chi connectivity index (χ2n) is 7.17. The molecule has 1 radical (unpaired) electrons. The van der Waals surface area contributed by atoms with Gasteiger partial charge in [-0.15, -0.1) is 11.3 Å². The molecule has 11 heteroatoms. The number of benzene rings is 2. The van der Waals surface area contributed by atoms with Crippen molar-refractivity contribution in [3.63, 3.8) is 0 Å². The highest BCUT2D eigenvalue weighted by molar-refractivity contribution is 7.16. The molecule has 1 aliphatic rings. The van der Waals surface area contributed by atoms with E-state index in [2.05, 4.69) is 19.5 Å². The number of rotatable bonds is 5. The molecule has 0 bridgehead atoms. The Morgan fingerprint density at radius 2 is 1.68 bits per heavy atom. The summed E-state index contributed by atoms with van der Waals surface area (Å²) >= 11 is 1.42. The molecule has 1 saturated heterocycles. The van der Waals surface area contributed by atoms with Crippen molar-refractivity contribution >= 4 is 27.2 Å². The Balaban J connectivity index is 1.33. The minimum Gasteiger partial charge on any atom is -0.426 e. The summed E-state index contributed by atoms with van der Waals surface area (Å²) in [6.45, 7) is 3.33. The van der Waals surface area contributed by atoms with Gasteiger partial charge in [0.15, 0.2) is 0 Å². The molecule has 2 aromatic carbocycles. The molecule has 0 spiro atoms. The topological polar surface area (TPSA) is 48.5 Å². The highest BCUT2D eigenvalue weighted by Gasteiger charge is 2.61. The number of piperazine rings is 1. The summed E-state index contributed by atoms with van der Waals surface area (Å²) in [5, 5.41) is 12.2. The maximum absolute atomic E-state index is 13.0. The molecule has 0 unspecified atom stereocenters. The number of aromatic nitrogens is 1. The van der Waals surface area contributed by atoms with Gasteiger partial charge in [0.25, 0.3) is 0 Å². The van der Waals surface area contributed by atoms with E-state index >= 15 is 0 Å². The van der Waals surface area contributed by atoms with Crippen molar-refractivity contribution in [1.29, 1.82) is 0 Å². The predicted molar refractivity (Wildman–Crippen MR) is 105 cm³/mol. The van der Waals surface area contributed by atoms with Crippen LogP contribution >= 0.6 is 11.3 Å². The number of nitrogens with zero attached hydrogens (tertiary/aromatic N) is 3. The van der Waals surface area contributed by atoms with Crippen molar-refractivity contribution < 1.29 is 31.8 Å². The van der Waals surface area contributed by atoms with Crippen LogP contribution in [-0.4, -0.2) is 48.3 Å². The van der Waals surface area contributed by atoms with Crippen molar-refractivity contribution in [3.05, 3.63) is 47.5 Å². The van der Waals surface area contributed by atoms with Crippen molar-refractivity contribution in [2.45, 2.75) is 18.8 Å². The van der Waals surface area contributed by atoms with E-state index in [-0.39, 0.29) is 5.75 Å². The van der Waals surface area contributed by atoms with Crippen molar-refractivity contribution in [2.24, 2.45) is 0 Å². The molecular weight excluding hydrogens is 441 g/mol. The van der Waals surface area contributed by atoms with Gasteiger partial charge in [-0.1, -0.05) is 12.1 Å². The average molecular weight is 458 g/mol. The number of hydrogen-bond donors (Lipinski definition) is 0. The predicted octanol–water partition coefficient (Wildman–Crippen LogP) is 5.30. The lowest BCUT2D eigenvalue weighted by Crippen LogP contribution is -2.45. The van der Waals surface area contributed by atoms with E-state index in [9.17, 15) is 27.1 Å². The normalized spacial score (nSPS) is 16.1. The van der Waals surface area contributed by atoms with Crippen LogP contribution in [0.15, 0.2) is 41.9 Å². The summed E-state index contributed by atoms with van der Waals surface area (Å²) in [4.78, 5) is 8.33. The minimum absolute atomic E-state index is 0.102. The largest absolute Gasteiger partial charge is 0.499 e. The first-order valence-corrected chi connectivity index (χ1v) is 10.2. The van der Waals surface area contributed by atoms with Crippen LogP contribution < -0.4 is 9.64 Å². The van der Waals surface area contributed by atoms with Gasteiger partial charge in [0, 0.05) is 44.5 Å². The van der Waals surface area contributed by atoms with Gasteiger partial charge >= 0.3 is 12.3 Å². The SMILES string of the molecule is [O]c1cc(N2CCN(Cc3ccc(OC(F)(F)C(F)(F)F)cc3)CC2)cc2scnc12. The molecule has 165 valence electrons. The summed E-state index contributed by atoms with van der Waals surface area (Å²) in [6.07, 6.45) is -11.0. The number of hydrogen-bond acceptors (Lipinski definition) is 5. The van der Waals surface area contributed by atoms with E-state index in [1.165, 1.54) is 23.5 Å². The Hall–Kier alpha value is -2.66. The Morgan fingerprint density at radius 3 is 2.32 bits per heavy atom. The van der Waals surface area contributed by atoms with Gasteiger partial charge < -0.3 is 9.64 Å². The highest BCUT2D eigenvalue weighted by atomic mass is 32.1. The molecule has 1 fully saturated rings. The van der Waals surface area contributed by atoms with Gasteiger partial charge in [0.2, 0.25) is 5.75 Å². The number of ether oxygens (including phenoxy) is 1. The van der Waals surface area contributed by atoms with E-state index < -0.39 is 18.0 Å². The lowest BCUT2D eigenvalue weighted by molar-refractivity contribution is -0.360. The van der Waals surface area contributed by atoms with Crippen molar-refractivity contribution in [2.75, 3.05) is 31.1 Å². The number of fused-ring (bicyclic) bond motifs is 1. The fourth-order valence-electron chi connectivity index (χ4n) is 3.40. The molecule has 0 N–H and O–H groups in total. The minimum atomic E-state index is -5.78. The molecule has 3 aromatic rings. The first kappa shape index (κ1) is 21.6. The zero-order valence-corrected chi connectivity index (χ0v) is 16.8. The quantitative estimate of drug-likeness (QED) is 0.487. The highest BCUT2D eigenvalue weighted by Crippen LogP contribution is 2.37. The average Bonchev–Trinajstić information content (AvgIpc) is 3.18. The summed E-state index contributed by atoms with van der Waals surface area (Å²) in [5.41, 5.74) is 3.75. The smallest absolute Gasteiger partial charge is 0.426 e. The summed E-state index contributed by atoms with van der Waals surface area (Å²) in [7, 11) is 0. The van der Waals surface area contributed by atoms with E-state index in [4.69, 9.17) is 0 Å². The first-order valence-electron chi connectivity index (χ1n) is 9.36. The molecular formula is C20H17F5N3O2S. The summed E-state index contributed by atoms with van der Waals surface area (Å²) in [6, 6.07) is 8.69. The zero-order chi connectivity index (χ0) is 22.2. The second kappa shape index (κ2) is 8.12. The molecule has 2 heterocycles. The molecule has 1 aliphatic heterocycles. The third kappa shape index (κ3) is 4.67. The number of halogens is 5. The van der Waals surface area contributed by atoms with E-state index in [1.54, 1.807) is 11.6 Å². The Morgan fingerprint density at radius 1 is 1.00 bits per heavy atom.